The van der Waals surface area contributed by atoms with Crippen molar-refractivity contribution < 1.29 is 18.8 Å². The molecule has 1 aliphatic heterocycles. The van der Waals surface area contributed by atoms with E-state index in [4.69, 9.17) is 4.74 Å². The molecule has 0 spiro atoms. The number of carbonyl (C=O) groups is 2. The second kappa shape index (κ2) is 9.50. The zero-order chi connectivity index (χ0) is 22.5. The molecule has 0 aliphatic carbocycles. The Morgan fingerprint density at radius 3 is 2.00 bits per heavy atom. The molecule has 1 saturated heterocycles. The van der Waals surface area contributed by atoms with Crippen LogP contribution in [0.4, 0.5) is 9.28 Å². The number of hydrogen-bond acceptors (Lipinski definition) is 3. The first-order valence-electron chi connectivity index (χ1n) is 10.7. The maximum Gasteiger partial charge on any atom is 0.410 e. The first-order valence-corrected chi connectivity index (χ1v) is 10.7. The van der Waals surface area contributed by atoms with Crippen LogP contribution in [-0.4, -0.2) is 40.7 Å². The van der Waals surface area contributed by atoms with Crippen LogP contribution in [-0.2, 0) is 22.5 Å². The van der Waals surface area contributed by atoms with Crippen LogP contribution in [0.2, 0.25) is 0 Å². The van der Waals surface area contributed by atoms with E-state index in [-0.39, 0.29) is 6.54 Å². The zero-order valence-corrected chi connectivity index (χ0v) is 18.5. The summed E-state index contributed by atoms with van der Waals surface area (Å²) in [5, 5.41) is 0.335. The van der Waals surface area contributed by atoms with Crippen molar-refractivity contribution in [2.45, 2.75) is 52.2 Å². The Labute approximate surface area is 183 Å². The molecule has 1 aliphatic rings. The normalized spacial score (nSPS) is 15.9. The number of piperidine rings is 1. The van der Waals surface area contributed by atoms with Crippen LogP contribution < -0.4 is 0 Å². The quantitative estimate of drug-likeness (QED) is 0.621. The van der Waals surface area contributed by atoms with Gasteiger partial charge in [-0.25, -0.2) is 4.79 Å². The SMILES string of the molecule is CC(C)(C)OC(=O)N1CCC(Cc2ccccc2)(C(=O)N(F)Cc2ccccc2)CC1. The molecule has 1 fully saturated rings. The fourth-order valence-corrected chi connectivity index (χ4v) is 3.97. The molecule has 0 bridgehead atoms. The highest BCUT2D eigenvalue weighted by Gasteiger charge is 2.45. The van der Waals surface area contributed by atoms with Crippen LogP contribution >= 0.6 is 0 Å². The summed E-state index contributed by atoms with van der Waals surface area (Å²) in [6.07, 6.45) is 0.809. The van der Waals surface area contributed by atoms with E-state index in [0.717, 1.165) is 11.1 Å². The Bertz CT molecular complexity index is 873. The van der Waals surface area contributed by atoms with Crippen molar-refractivity contribution in [3.05, 3.63) is 71.8 Å². The highest BCUT2D eigenvalue weighted by molar-refractivity contribution is 5.82. The van der Waals surface area contributed by atoms with Gasteiger partial charge < -0.3 is 9.64 Å². The van der Waals surface area contributed by atoms with Gasteiger partial charge in [0.15, 0.2) is 0 Å². The lowest BCUT2D eigenvalue weighted by Gasteiger charge is -2.41. The molecule has 0 atom stereocenters. The molecule has 166 valence electrons. The van der Waals surface area contributed by atoms with Crippen LogP contribution in [0.15, 0.2) is 60.7 Å². The number of nitrogens with zero attached hydrogens (tertiary/aromatic N) is 2. The van der Waals surface area contributed by atoms with Crippen molar-refractivity contribution in [2.75, 3.05) is 13.1 Å². The molecule has 0 N–H and O–H groups in total. The minimum absolute atomic E-state index is 0.0913. The zero-order valence-electron chi connectivity index (χ0n) is 18.5. The van der Waals surface area contributed by atoms with Gasteiger partial charge in [-0.15, -0.1) is 0 Å². The van der Waals surface area contributed by atoms with Crippen molar-refractivity contribution >= 4 is 12.0 Å². The number of benzene rings is 2. The second-order valence-electron chi connectivity index (χ2n) is 9.22. The van der Waals surface area contributed by atoms with E-state index >= 15 is 4.48 Å². The molecule has 2 aromatic carbocycles. The van der Waals surface area contributed by atoms with E-state index in [9.17, 15) is 9.59 Å². The van der Waals surface area contributed by atoms with Crippen molar-refractivity contribution in [1.29, 1.82) is 0 Å². The van der Waals surface area contributed by atoms with Crippen molar-refractivity contribution in [1.82, 2.24) is 10.0 Å². The van der Waals surface area contributed by atoms with E-state index in [1.165, 1.54) is 0 Å². The average molecular weight is 427 g/mol. The molecule has 0 unspecified atom stereocenters. The molecule has 5 nitrogen and oxygen atoms in total. The highest BCUT2D eigenvalue weighted by atomic mass is 19.2. The fourth-order valence-electron chi connectivity index (χ4n) is 3.97. The lowest BCUT2D eigenvalue weighted by molar-refractivity contribution is -0.163. The standard InChI is InChI=1S/C25H31FN2O3/c1-24(2,3)31-23(30)27-16-14-25(15-17-27,18-20-10-6-4-7-11-20)22(29)28(26)19-21-12-8-5-9-13-21/h4-13H,14-19H2,1-3H3. The molecule has 2 amide bonds. The molecular weight excluding hydrogens is 395 g/mol. The Hall–Kier alpha value is -2.89. The van der Waals surface area contributed by atoms with Crippen LogP contribution in [0.3, 0.4) is 0 Å². The number of amides is 2. The van der Waals surface area contributed by atoms with Gasteiger partial charge in [-0.2, -0.15) is 5.12 Å². The Kier molecular flexibility index (Phi) is 6.98. The summed E-state index contributed by atoms with van der Waals surface area (Å²) in [6, 6.07) is 18.8. The second-order valence-corrected chi connectivity index (χ2v) is 9.22. The van der Waals surface area contributed by atoms with Gasteiger partial charge in [-0.1, -0.05) is 65.1 Å². The summed E-state index contributed by atoms with van der Waals surface area (Å²) < 4.78 is 20.5. The van der Waals surface area contributed by atoms with E-state index in [1.54, 1.807) is 17.0 Å². The third-order valence-corrected chi connectivity index (χ3v) is 5.60. The Morgan fingerprint density at radius 1 is 0.968 bits per heavy atom. The third-order valence-electron chi connectivity index (χ3n) is 5.60. The maximum absolute atomic E-state index is 15.1. The van der Waals surface area contributed by atoms with Crippen LogP contribution in [0, 0.1) is 5.41 Å². The molecule has 0 radical (unpaired) electrons. The first kappa shape index (κ1) is 22.8. The summed E-state index contributed by atoms with van der Waals surface area (Å²) >= 11 is 0. The van der Waals surface area contributed by atoms with E-state index < -0.39 is 23.0 Å². The van der Waals surface area contributed by atoms with Crippen LogP contribution in [0.5, 0.6) is 0 Å². The number of ether oxygens (including phenoxy) is 1. The molecule has 2 aromatic rings. The van der Waals surface area contributed by atoms with E-state index in [2.05, 4.69) is 0 Å². The topological polar surface area (TPSA) is 49.9 Å². The molecule has 1 heterocycles. The number of hydrogen-bond donors (Lipinski definition) is 0. The van der Waals surface area contributed by atoms with Crippen molar-refractivity contribution in [3.63, 3.8) is 0 Å². The summed E-state index contributed by atoms with van der Waals surface area (Å²) in [5.74, 6) is -0.524. The third kappa shape index (κ3) is 6.06. The minimum atomic E-state index is -0.899. The monoisotopic (exact) mass is 426 g/mol. The molecule has 0 aromatic heterocycles. The molecular formula is C25H31FN2O3. The van der Waals surface area contributed by atoms with Crippen molar-refractivity contribution in [2.24, 2.45) is 5.41 Å². The maximum atomic E-state index is 15.1. The van der Waals surface area contributed by atoms with Crippen LogP contribution in [0.25, 0.3) is 0 Å². The Morgan fingerprint density at radius 2 is 1.48 bits per heavy atom. The van der Waals surface area contributed by atoms with Gasteiger partial charge in [-0.3, -0.25) is 4.79 Å². The van der Waals surface area contributed by atoms with Gasteiger partial charge in [0, 0.05) is 13.1 Å². The summed E-state index contributed by atoms with van der Waals surface area (Å²) in [4.78, 5) is 27.4. The minimum Gasteiger partial charge on any atom is -0.444 e. The largest absolute Gasteiger partial charge is 0.444 e. The van der Waals surface area contributed by atoms with Gasteiger partial charge in [0.05, 0.1) is 12.0 Å². The Balaban J connectivity index is 1.77. The lowest BCUT2D eigenvalue weighted by Crippen LogP contribution is -2.51. The van der Waals surface area contributed by atoms with Gasteiger partial charge in [0.2, 0.25) is 0 Å². The van der Waals surface area contributed by atoms with Gasteiger partial charge >= 0.3 is 6.09 Å². The molecule has 0 saturated carbocycles. The predicted octanol–water partition coefficient (Wildman–Crippen LogP) is 5.16. The first-order chi connectivity index (χ1) is 14.7. The van der Waals surface area contributed by atoms with Gasteiger partial charge in [-0.05, 0) is 51.2 Å². The number of halogens is 1. The highest BCUT2D eigenvalue weighted by Crippen LogP contribution is 2.38. The van der Waals surface area contributed by atoms with E-state index in [1.807, 2.05) is 69.3 Å². The summed E-state index contributed by atoms with van der Waals surface area (Å²) in [6.45, 7) is 6.08. The molecule has 6 heteroatoms. The molecule has 31 heavy (non-hydrogen) atoms. The summed E-state index contributed by atoms with van der Waals surface area (Å²) in [7, 11) is 0. The molecule has 3 rings (SSSR count). The smallest absolute Gasteiger partial charge is 0.410 e. The number of rotatable bonds is 5. The average Bonchev–Trinajstić information content (AvgIpc) is 2.74. The lowest BCUT2D eigenvalue weighted by atomic mass is 9.73. The number of carbonyl (C=O) groups excluding carboxylic acids is 2. The van der Waals surface area contributed by atoms with Crippen molar-refractivity contribution in [3.8, 4) is 0 Å². The van der Waals surface area contributed by atoms with Crippen LogP contribution in [0.1, 0.15) is 44.7 Å². The predicted molar refractivity (Wildman–Crippen MR) is 118 cm³/mol. The summed E-state index contributed by atoms with van der Waals surface area (Å²) in [5.41, 5.74) is 0.231. The number of likely N-dealkylation sites (tertiary alicyclic amines) is 1. The fraction of sp³-hybridized carbons (Fsp3) is 0.440. The van der Waals surface area contributed by atoms with Gasteiger partial charge in [0.25, 0.3) is 5.91 Å². The van der Waals surface area contributed by atoms with E-state index in [0.29, 0.717) is 37.5 Å². The van der Waals surface area contributed by atoms with Gasteiger partial charge in [0.1, 0.15) is 5.60 Å².